The van der Waals surface area contributed by atoms with E-state index >= 15 is 0 Å². The van der Waals surface area contributed by atoms with Crippen molar-refractivity contribution >= 4 is 17.3 Å². The summed E-state index contributed by atoms with van der Waals surface area (Å²) in [4.78, 5) is 27.5. The Morgan fingerprint density at radius 3 is 2.87 bits per heavy atom. The van der Waals surface area contributed by atoms with E-state index in [2.05, 4.69) is 32.2 Å². The van der Waals surface area contributed by atoms with Crippen LogP contribution in [0.2, 0.25) is 0 Å². The zero-order valence-corrected chi connectivity index (χ0v) is 18.3. The molecule has 2 aliphatic heterocycles. The van der Waals surface area contributed by atoms with Gasteiger partial charge in [-0.05, 0) is 55.7 Å². The minimum absolute atomic E-state index is 0.0105. The standard InChI is InChI=1S/C24H33N3O3/c1-17-6-4-10-26-15-18(12-21(17)26)23(29)27-11-5-7-19(27)14-25-22(28)13-20-8-9-24(2,3)16-30-20/h4,6,10,12,15,19-20H,5,7-9,11,13-14,16H2,1-3H3,(H,25,28). The third kappa shape index (κ3) is 4.53. The van der Waals surface area contributed by atoms with E-state index in [4.69, 9.17) is 4.74 Å². The number of hydrogen-bond acceptors (Lipinski definition) is 3. The van der Waals surface area contributed by atoms with E-state index in [9.17, 15) is 9.59 Å². The molecule has 0 aliphatic carbocycles. The number of aromatic nitrogens is 1. The summed E-state index contributed by atoms with van der Waals surface area (Å²) in [6.07, 6.45) is 8.19. The summed E-state index contributed by atoms with van der Waals surface area (Å²) in [6, 6.07) is 6.06. The van der Waals surface area contributed by atoms with Gasteiger partial charge in [-0.3, -0.25) is 9.59 Å². The SMILES string of the molecule is Cc1cccn2cc(C(=O)N3CCCC3CNC(=O)CC3CCC(C)(C)CO3)cc12. The van der Waals surface area contributed by atoms with Gasteiger partial charge < -0.3 is 19.4 Å². The van der Waals surface area contributed by atoms with Crippen LogP contribution in [0.25, 0.3) is 5.52 Å². The van der Waals surface area contributed by atoms with Gasteiger partial charge in [-0.1, -0.05) is 19.9 Å². The van der Waals surface area contributed by atoms with Crippen LogP contribution in [0.5, 0.6) is 0 Å². The molecule has 0 radical (unpaired) electrons. The van der Waals surface area contributed by atoms with Crippen LogP contribution in [-0.2, 0) is 9.53 Å². The van der Waals surface area contributed by atoms with Gasteiger partial charge in [0, 0.05) is 37.0 Å². The van der Waals surface area contributed by atoms with Crippen molar-refractivity contribution in [3.8, 4) is 0 Å². The van der Waals surface area contributed by atoms with Gasteiger partial charge >= 0.3 is 0 Å². The van der Waals surface area contributed by atoms with E-state index in [1.165, 1.54) is 0 Å². The van der Waals surface area contributed by atoms with Crippen LogP contribution in [0, 0.1) is 12.3 Å². The quantitative estimate of drug-likeness (QED) is 0.818. The smallest absolute Gasteiger partial charge is 0.255 e. The van der Waals surface area contributed by atoms with Gasteiger partial charge in [0.15, 0.2) is 0 Å². The van der Waals surface area contributed by atoms with Gasteiger partial charge in [0.25, 0.3) is 5.91 Å². The highest BCUT2D eigenvalue weighted by Gasteiger charge is 2.31. The van der Waals surface area contributed by atoms with Crippen LogP contribution in [0.1, 0.15) is 61.9 Å². The second kappa shape index (κ2) is 8.42. The Morgan fingerprint density at radius 1 is 1.30 bits per heavy atom. The van der Waals surface area contributed by atoms with Crippen LogP contribution in [-0.4, -0.2) is 53.0 Å². The van der Waals surface area contributed by atoms with E-state index in [1.54, 1.807) is 0 Å². The molecule has 162 valence electrons. The van der Waals surface area contributed by atoms with E-state index in [0.29, 0.717) is 25.1 Å². The summed E-state index contributed by atoms with van der Waals surface area (Å²) in [6.45, 7) is 8.41. The lowest BCUT2D eigenvalue weighted by molar-refractivity contribution is -0.127. The minimum atomic E-state index is 0.0105. The summed E-state index contributed by atoms with van der Waals surface area (Å²) >= 11 is 0. The van der Waals surface area contributed by atoms with E-state index in [0.717, 1.165) is 43.3 Å². The molecule has 2 amide bonds. The third-order valence-corrected chi connectivity index (χ3v) is 6.53. The van der Waals surface area contributed by atoms with E-state index < -0.39 is 0 Å². The molecule has 0 saturated carbocycles. The molecule has 2 fully saturated rings. The Hall–Kier alpha value is -2.34. The first-order valence-corrected chi connectivity index (χ1v) is 11.1. The average Bonchev–Trinajstić information content (AvgIpc) is 3.35. The summed E-state index contributed by atoms with van der Waals surface area (Å²) in [5.41, 5.74) is 3.12. The van der Waals surface area contributed by atoms with Crippen molar-refractivity contribution in [2.24, 2.45) is 5.41 Å². The van der Waals surface area contributed by atoms with Crippen LogP contribution >= 0.6 is 0 Å². The molecule has 2 atom stereocenters. The molecule has 30 heavy (non-hydrogen) atoms. The molecule has 1 N–H and O–H groups in total. The van der Waals surface area contributed by atoms with Gasteiger partial charge in [-0.25, -0.2) is 0 Å². The maximum atomic E-state index is 13.1. The number of nitrogens with one attached hydrogen (secondary N) is 1. The number of hydrogen-bond donors (Lipinski definition) is 1. The molecule has 0 spiro atoms. The lowest BCUT2D eigenvalue weighted by Crippen LogP contribution is -2.44. The van der Waals surface area contributed by atoms with Gasteiger partial charge in [0.05, 0.1) is 24.7 Å². The summed E-state index contributed by atoms with van der Waals surface area (Å²) in [7, 11) is 0. The molecule has 2 aromatic rings. The number of pyridine rings is 1. The molecule has 2 aromatic heterocycles. The number of aryl methyl sites for hydroxylation is 1. The molecule has 6 nitrogen and oxygen atoms in total. The highest BCUT2D eigenvalue weighted by atomic mass is 16.5. The molecule has 0 aromatic carbocycles. The predicted molar refractivity (Wildman–Crippen MR) is 117 cm³/mol. The summed E-state index contributed by atoms with van der Waals surface area (Å²) < 4.78 is 7.86. The molecule has 2 aliphatic rings. The molecule has 4 rings (SSSR count). The highest BCUT2D eigenvalue weighted by Crippen LogP contribution is 2.30. The van der Waals surface area contributed by atoms with Crippen LogP contribution in [0.4, 0.5) is 0 Å². The maximum absolute atomic E-state index is 13.1. The zero-order valence-electron chi connectivity index (χ0n) is 18.3. The summed E-state index contributed by atoms with van der Waals surface area (Å²) in [5, 5.41) is 3.05. The number of fused-ring (bicyclic) bond motifs is 1. The third-order valence-electron chi connectivity index (χ3n) is 6.53. The van der Waals surface area contributed by atoms with Crippen molar-refractivity contribution in [1.29, 1.82) is 0 Å². The fourth-order valence-electron chi connectivity index (χ4n) is 4.61. The number of ether oxygens (including phenoxy) is 1. The number of rotatable bonds is 5. The van der Waals surface area contributed by atoms with Crippen molar-refractivity contribution in [2.75, 3.05) is 19.7 Å². The Bertz CT molecular complexity index is 923. The number of likely N-dealkylation sites (tertiary alicyclic amines) is 1. The molecule has 4 heterocycles. The number of nitrogens with zero attached hydrogens (tertiary/aromatic N) is 2. The fourth-order valence-corrected chi connectivity index (χ4v) is 4.61. The Kier molecular flexibility index (Phi) is 5.87. The number of amides is 2. The molecule has 2 saturated heterocycles. The Labute approximate surface area is 178 Å². The topological polar surface area (TPSA) is 63.0 Å². The van der Waals surface area contributed by atoms with Crippen molar-refractivity contribution in [1.82, 2.24) is 14.6 Å². The maximum Gasteiger partial charge on any atom is 0.255 e. The number of carbonyl (C=O) groups excluding carboxylic acids is 2. The van der Waals surface area contributed by atoms with Crippen molar-refractivity contribution in [3.63, 3.8) is 0 Å². The normalized spacial score (nSPS) is 23.6. The van der Waals surface area contributed by atoms with Gasteiger partial charge in [0.1, 0.15) is 0 Å². The van der Waals surface area contributed by atoms with Crippen molar-refractivity contribution in [3.05, 3.63) is 41.7 Å². The minimum Gasteiger partial charge on any atom is -0.377 e. The van der Waals surface area contributed by atoms with Crippen molar-refractivity contribution < 1.29 is 14.3 Å². The fraction of sp³-hybridized carbons (Fsp3) is 0.583. The monoisotopic (exact) mass is 411 g/mol. The Balaban J connectivity index is 1.32. The first-order chi connectivity index (χ1) is 14.3. The van der Waals surface area contributed by atoms with Crippen LogP contribution < -0.4 is 5.32 Å². The average molecular weight is 412 g/mol. The lowest BCUT2D eigenvalue weighted by Gasteiger charge is -2.34. The number of carbonyl (C=O) groups is 2. The van der Waals surface area contributed by atoms with Crippen LogP contribution in [0.15, 0.2) is 30.6 Å². The van der Waals surface area contributed by atoms with Gasteiger partial charge in [-0.2, -0.15) is 0 Å². The summed E-state index contributed by atoms with van der Waals surface area (Å²) in [5.74, 6) is 0.0666. The second-order valence-electron chi connectivity index (χ2n) is 9.65. The molecule has 2 unspecified atom stereocenters. The predicted octanol–water partition coefficient (Wildman–Crippen LogP) is 3.56. The van der Waals surface area contributed by atoms with Gasteiger partial charge in [-0.15, -0.1) is 0 Å². The largest absolute Gasteiger partial charge is 0.377 e. The van der Waals surface area contributed by atoms with Crippen molar-refractivity contribution in [2.45, 2.75) is 65.0 Å². The molecule has 0 bridgehead atoms. The highest BCUT2D eigenvalue weighted by molar-refractivity contribution is 5.96. The molecular formula is C24H33N3O3. The van der Waals surface area contributed by atoms with Crippen LogP contribution in [0.3, 0.4) is 0 Å². The Morgan fingerprint density at radius 2 is 2.13 bits per heavy atom. The molecular weight excluding hydrogens is 378 g/mol. The zero-order chi connectivity index (χ0) is 21.3. The first kappa shape index (κ1) is 20.9. The molecule has 6 heteroatoms. The first-order valence-electron chi connectivity index (χ1n) is 11.1. The van der Waals surface area contributed by atoms with E-state index in [1.807, 2.05) is 33.8 Å². The lowest BCUT2D eigenvalue weighted by atomic mass is 9.85. The second-order valence-corrected chi connectivity index (χ2v) is 9.65. The van der Waals surface area contributed by atoms with Gasteiger partial charge in [0.2, 0.25) is 5.91 Å². The van der Waals surface area contributed by atoms with E-state index in [-0.39, 0.29) is 29.4 Å².